The number of benzene rings is 2. The number of halogens is 1. The Bertz CT molecular complexity index is 868. The molecule has 0 aliphatic heterocycles. The summed E-state index contributed by atoms with van der Waals surface area (Å²) in [6.07, 6.45) is 3.45. The van der Waals surface area contributed by atoms with E-state index in [1.807, 2.05) is 6.07 Å². The van der Waals surface area contributed by atoms with Crippen molar-refractivity contribution in [3.05, 3.63) is 53.6 Å². The van der Waals surface area contributed by atoms with Gasteiger partial charge in [0.2, 0.25) is 0 Å². The maximum absolute atomic E-state index is 13.0. The number of rotatable bonds is 6. The van der Waals surface area contributed by atoms with Crippen LogP contribution in [0.25, 0.3) is 0 Å². The predicted octanol–water partition coefficient (Wildman–Crippen LogP) is 3.38. The van der Waals surface area contributed by atoms with Gasteiger partial charge in [0.1, 0.15) is 0 Å². The first kappa shape index (κ1) is 23.5. The molecule has 162 valence electrons. The number of amides is 2. The molecule has 30 heavy (non-hydrogen) atoms. The Kier molecular flexibility index (Phi) is 8.50. The van der Waals surface area contributed by atoms with Crippen LogP contribution in [0.15, 0.2) is 42.5 Å². The molecule has 7 nitrogen and oxygen atoms in total. The lowest BCUT2D eigenvalue weighted by Crippen LogP contribution is -2.40. The summed E-state index contributed by atoms with van der Waals surface area (Å²) in [4.78, 5) is 25.7. The predicted molar refractivity (Wildman–Crippen MR) is 119 cm³/mol. The van der Waals surface area contributed by atoms with Crippen molar-refractivity contribution in [3.63, 3.8) is 0 Å². The Labute approximate surface area is 182 Å². The lowest BCUT2D eigenvalue weighted by Gasteiger charge is -2.27. The van der Waals surface area contributed by atoms with Gasteiger partial charge in [-0.2, -0.15) is 0 Å². The average Bonchev–Trinajstić information content (AvgIpc) is 2.75. The molecule has 2 aromatic carbocycles. The van der Waals surface area contributed by atoms with E-state index in [1.54, 1.807) is 36.4 Å². The maximum Gasteiger partial charge on any atom is 0.255 e. The van der Waals surface area contributed by atoms with E-state index in [2.05, 4.69) is 10.6 Å². The maximum atomic E-state index is 13.0. The lowest BCUT2D eigenvalue weighted by molar-refractivity contribution is 0.0926. The van der Waals surface area contributed by atoms with Crippen molar-refractivity contribution in [1.82, 2.24) is 5.32 Å². The Balaban J connectivity index is 0.00000320. The topological polar surface area (TPSA) is 103 Å². The van der Waals surface area contributed by atoms with Crippen LogP contribution in [-0.4, -0.2) is 38.1 Å². The van der Waals surface area contributed by atoms with Crippen molar-refractivity contribution in [3.8, 4) is 11.5 Å². The second-order valence-corrected chi connectivity index (χ2v) is 7.16. The zero-order chi connectivity index (χ0) is 20.8. The highest BCUT2D eigenvalue weighted by Gasteiger charge is 2.24. The number of nitrogens with two attached hydrogens (primary N) is 1. The van der Waals surface area contributed by atoms with Crippen LogP contribution in [0.5, 0.6) is 11.5 Å². The fourth-order valence-corrected chi connectivity index (χ4v) is 3.48. The third-order valence-corrected chi connectivity index (χ3v) is 5.16. The molecule has 0 aromatic heterocycles. The van der Waals surface area contributed by atoms with Crippen molar-refractivity contribution in [2.75, 3.05) is 19.5 Å². The SMILES string of the molecule is COc1cc(NC(=O)c2ccccc2)c(C(=O)NC2CCC(N)CC2)cc1OC.Cl. The van der Waals surface area contributed by atoms with E-state index in [-0.39, 0.29) is 36.3 Å². The minimum absolute atomic E-state index is 0. The van der Waals surface area contributed by atoms with Gasteiger partial charge in [0.25, 0.3) is 11.8 Å². The third kappa shape index (κ3) is 5.64. The minimum atomic E-state index is -0.310. The number of carbonyl (C=O) groups excluding carboxylic acids is 2. The van der Waals surface area contributed by atoms with Crippen molar-refractivity contribution >= 4 is 29.9 Å². The molecule has 3 rings (SSSR count). The summed E-state index contributed by atoms with van der Waals surface area (Å²) in [7, 11) is 3.01. The summed E-state index contributed by atoms with van der Waals surface area (Å²) < 4.78 is 10.7. The molecule has 0 bridgehead atoms. The first-order chi connectivity index (χ1) is 14.0. The number of carbonyl (C=O) groups is 2. The van der Waals surface area contributed by atoms with Crippen LogP contribution in [0.3, 0.4) is 0 Å². The minimum Gasteiger partial charge on any atom is -0.493 e. The molecule has 0 unspecified atom stereocenters. The van der Waals surface area contributed by atoms with E-state index in [9.17, 15) is 9.59 Å². The van der Waals surface area contributed by atoms with Gasteiger partial charge in [-0.3, -0.25) is 9.59 Å². The summed E-state index contributed by atoms with van der Waals surface area (Å²) in [5.74, 6) is 0.266. The van der Waals surface area contributed by atoms with E-state index in [4.69, 9.17) is 15.2 Å². The molecule has 0 spiro atoms. The largest absolute Gasteiger partial charge is 0.493 e. The molecule has 0 heterocycles. The van der Waals surface area contributed by atoms with Crippen LogP contribution in [0.2, 0.25) is 0 Å². The molecule has 0 saturated heterocycles. The highest BCUT2D eigenvalue weighted by Crippen LogP contribution is 2.34. The fourth-order valence-electron chi connectivity index (χ4n) is 3.48. The Morgan fingerprint density at radius 3 is 2.13 bits per heavy atom. The van der Waals surface area contributed by atoms with Gasteiger partial charge in [-0.25, -0.2) is 0 Å². The smallest absolute Gasteiger partial charge is 0.255 e. The van der Waals surface area contributed by atoms with E-state index in [0.717, 1.165) is 25.7 Å². The molecular weight excluding hydrogens is 406 g/mol. The summed E-state index contributed by atoms with van der Waals surface area (Å²) >= 11 is 0. The zero-order valence-electron chi connectivity index (χ0n) is 17.1. The van der Waals surface area contributed by atoms with Crippen molar-refractivity contribution in [2.45, 2.75) is 37.8 Å². The first-order valence-corrected chi connectivity index (χ1v) is 9.70. The van der Waals surface area contributed by atoms with E-state index in [0.29, 0.717) is 28.3 Å². The van der Waals surface area contributed by atoms with Gasteiger partial charge >= 0.3 is 0 Å². The normalized spacial score (nSPS) is 18.0. The van der Waals surface area contributed by atoms with Crippen molar-refractivity contribution < 1.29 is 19.1 Å². The molecule has 8 heteroatoms. The summed E-state index contributed by atoms with van der Waals surface area (Å²) in [5.41, 5.74) is 7.13. The van der Waals surface area contributed by atoms with Gasteiger partial charge in [-0.15, -0.1) is 12.4 Å². The molecule has 0 radical (unpaired) electrons. The summed E-state index contributed by atoms with van der Waals surface area (Å²) in [5, 5.41) is 5.88. The molecule has 4 N–H and O–H groups in total. The molecule has 1 aliphatic rings. The van der Waals surface area contributed by atoms with Gasteiger partial charge in [-0.05, 0) is 43.9 Å². The Morgan fingerprint density at radius 1 is 0.933 bits per heavy atom. The average molecular weight is 434 g/mol. The third-order valence-electron chi connectivity index (χ3n) is 5.16. The van der Waals surface area contributed by atoms with E-state index >= 15 is 0 Å². The van der Waals surface area contributed by atoms with Crippen LogP contribution in [-0.2, 0) is 0 Å². The number of hydrogen-bond donors (Lipinski definition) is 3. The van der Waals surface area contributed by atoms with Crippen LogP contribution in [0, 0.1) is 0 Å². The second kappa shape index (κ2) is 10.8. The van der Waals surface area contributed by atoms with E-state index < -0.39 is 0 Å². The van der Waals surface area contributed by atoms with Crippen molar-refractivity contribution in [2.24, 2.45) is 5.73 Å². The number of anilines is 1. The number of ether oxygens (including phenoxy) is 2. The molecule has 1 aliphatic carbocycles. The molecular formula is C22H28ClN3O4. The highest BCUT2D eigenvalue weighted by atomic mass is 35.5. The van der Waals surface area contributed by atoms with Crippen LogP contribution in [0.4, 0.5) is 5.69 Å². The van der Waals surface area contributed by atoms with Crippen molar-refractivity contribution in [1.29, 1.82) is 0 Å². The Morgan fingerprint density at radius 2 is 1.53 bits per heavy atom. The Hall–Kier alpha value is -2.77. The molecule has 1 fully saturated rings. The monoisotopic (exact) mass is 433 g/mol. The van der Waals surface area contributed by atoms with Gasteiger partial charge in [0.05, 0.1) is 25.5 Å². The molecule has 2 aromatic rings. The highest BCUT2D eigenvalue weighted by molar-refractivity contribution is 6.09. The molecule has 0 atom stereocenters. The number of hydrogen-bond acceptors (Lipinski definition) is 5. The summed E-state index contributed by atoms with van der Waals surface area (Å²) in [6.45, 7) is 0. The fraction of sp³-hybridized carbons (Fsp3) is 0.364. The van der Waals surface area contributed by atoms with Crippen LogP contribution < -0.4 is 25.8 Å². The second-order valence-electron chi connectivity index (χ2n) is 7.16. The first-order valence-electron chi connectivity index (χ1n) is 9.70. The number of nitrogens with one attached hydrogen (secondary N) is 2. The van der Waals surface area contributed by atoms with Crippen LogP contribution >= 0.6 is 12.4 Å². The molecule has 2 amide bonds. The van der Waals surface area contributed by atoms with Gasteiger partial charge < -0.3 is 25.8 Å². The standard InChI is InChI=1S/C22H27N3O4.ClH/c1-28-19-12-17(22(27)24-16-10-8-15(23)9-11-16)18(13-20(19)29-2)25-21(26)14-6-4-3-5-7-14;/h3-7,12-13,15-16H,8-11,23H2,1-2H3,(H,24,27)(H,25,26);1H. The van der Waals surface area contributed by atoms with E-state index in [1.165, 1.54) is 14.2 Å². The van der Waals surface area contributed by atoms with Gasteiger partial charge in [0.15, 0.2) is 11.5 Å². The molecule has 1 saturated carbocycles. The van der Waals surface area contributed by atoms with Gasteiger partial charge in [-0.1, -0.05) is 18.2 Å². The zero-order valence-corrected chi connectivity index (χ0v) is 18.0. The number of methoxy groups -OCH3 is 2. The van der Waals surface area contributed by atoms with Crippen LogP contribution in [0.1, 0.15) is 46.4 Å². The lowest BCUT2D eigenvalue weighted by atomic mass is 9.91. The quantitative estimate of drug-likeness (QED) is 0.648. The van der Waals surface area contributed by atoms with Gasteiger partial charge in [0, 0.05) is 23.7 Å². The summed E-state index contributed by atoms with van der Waals surface area (Å²) in [6, 6.07) is 12.3.